The lowest BCUT2D eigenvalue weighted by Gasteiger charge is -2.35. The second kappa shape index (κ2) is 9.33. The number of rotatable bonds is 5. The molecule has 2 aliphatic heterocycles. The fourth-order valence-electron chi connectivity index (χ4n) is 4.69. The number of benzene rings is 2. The van der Waals surface area contributed by atoms with Crippen molar-refractivity contribution in [2.24, 2.45) is 5.92 Å². The largest absolute Gasteiger partial charge is 0.369 e. The Bertz CT molecular complexity index is 1010. The summed E-state index contributed by atoms with van der Waals surface area (Å²) in [6.07, 6.45) is 0.248. The SMILES string of the molecule is CCN1CCN(c2ccc(NC(=O)[C@H]3CC(=O)N(c4cccc(C)c4C)C3)c(C)c2)CC1. The molecule has 0 spiro atoms. The molecule has 2 aromatic carbocycles. The fraction of sp³-hybridized carbons (Fsp3) is 0.462. The summed E-state index contributed by atoms with van der Waals surface area (Å²) < 4.78 is 0. The van der Waals surface area contributed by atoms with Crippen molar-refractivity contribution >= 4 is 28.9 Å². The van der Waals surface area contributed by atoms with Gasteiger partial charge >= 0.3 is 0 Å². The molecule has 170 valence electrons. The first kappa shape index (κ1) is 22.3. The lowest BCUT2D eigenvalue weighted by Crippen LogP contribution is -2.46. The van der Waals surface area contributed by atoms with Crippen LogP contribution in [0.5, 0.6) is 0 Å². The number of piperazine rings is 1. The van der Waals surface area contributed by atoms with Crippen molar-refractivity contribution in [1.29, 1.82) is 0 Å². The van der Waals surface area contributed by atoms with E-state index in [1.54, 1.807) is 4.90 Å². The third-order valence-corrected chi connectivity index (χ3v) is 7.02. The monoisotopic (exact) mass is 434 g/mol. The van der Waals surface area contributed by atoms with Crippen LogP contribution in [0.25, 0.3) is 0 Å². The van der Waals surface area contributed by atoms with Crippen LogP contribution in [-0.4, -0.2) is 56.0 Å². The highest BCUT2D eigenvalue weighted by atomic mass is 16.2. The summed E-state index contributed by atoms with van der Waals surface area (Å²) in [6, 6.07) is 12.2. The van der Waals surface area contributed by atoms with E-state index in [1.807, 2.05) is 45.0 Å². The van der Waals surface area contributed by atoms with Crippen LogP contribution in [0.1, 0.15) is 30.0 Å². The van der Waals surface area contributed by atoms with E-state index in [2.05, 4.69) is 34.2 Å². The molecule has 6 nitrogen and oxygen atoms in total. The predicted octanol–water partition coefficient (Wildman–Crippen LogP) is 3.75. The van der Waals surface area contributed by atoms with Crippen molar-refractivity contribution in [3.63, 3.8) is 0 Å². The lowest BCUT2D eigenvalue weighted by molar-refractivity contribution is -0.122. The van der Waals surface area contributed by atoms with E-state index in [0.717, 1.165) is 60.8 Å². The molecule has 0 saturated carbocycles. The van der Waals surface area contributed by atoms with Gasteiger partial charge < -0.3 is 20.0 Å². The fourth-order valence-corrected chi connectivity index (χ4v) is 4.69. The van der Waals surface area contributed by atoms with Gasteiger partial charge in [-0.2, -0.15) is 0 Å². The molecule has 2 heterocycles. The summed E-state index contributed by atoms with van der Waals surface area (Å²) in [5, 5.41) is 3.07. The quantitative estimate of drug-likeness (QED) is 0.779. The standard InChI is InChI=1S/C26H34N4O2/c1-5-28-11-13-29(14-12-28)22-9-10-23(19(3)15-22)27-26(32)21-16-25(31)30(17-21)24-8-6-7-18(2)20(24)4/h6-10,15,21H,5,11-14,16-17H2,1-4H3,(H,27,32)/t21-/m0/s1. The number of carbonyl (C=O) groups is 2. The summed E-state index contributed by atoms with van der Waals surface area (Å²) in [5.41, 5.74) is 6.22. The molecule has 1 N–H and O–H groups in total. The van der Waals surface area contributed by atoms with Crippen LogP contribution in [0, 0.1) is 26.7 Å². The van der Waals surface area contributed by atoms with Crippen LogP contribution in [0.2, 0.25) is 0 Å². The Labute approximate surface area is 191 Å². The number of aryl methyl sites for hydroxylation is 2. The number of nitrogens with zero attached hydrogens (tertiary/aromatic N) is 3. The zero-order chi connectivity index (χ0) is 22.8. The average molecular weight is 435 g/mol. The van der Waals surface area contributed by atoms with Crippen LogP contribution in [0.3, 0.4) is 0 Å². The molecule has 0 bridgehead atoms. The van der Waals surface area contributed by atoms with Crippen molar-refractivity contribution in [3.8, 4) is 0 Å². The van der Waals surface area contributed by atoms with Crippen molar-refractivity contribution in [2.75, 3.05) is 54.4 Å². The van der Waals surface area contributed by atoms with Gasteiger partial charge in [0.1, 0.15) is 0 Å². The van der Waals surface area contributed by atoms with E-state index in [4.69, 9.17) is 0 Å². The Morgan fingerprint density at radius 3 is 2.47 bits per heavy atom. The zero-order valence-corrected chi connectivity index (χ0v) is 19.6. The van der Waals surface area contributed by atoms with Gasteiger partial charge in [-0.1, -0.05) is 19.1 Å². The molecule has 6 heteroatoms. The molecule has 0 unspecified atom stereocenters. The van der Waals surface area contributed by atoms with Crippen molar-refractivity contribution in [3.05, 3.63) is 53.1 Å². The van der Waals surface area contributed by atoms with Crippen molar-refractivity contribution in [2.45, 2.75) is 34.1 Å². The maximum absolute atomic E-state index is 13.0. The molecule has 2 aliphatic rings. The average Bonchev–Trinajstić information content (AvgIpc) is 3.18. The van der Waals surface area contributed by atoms with Crippen LogP contribution < -0.4 is 15.1 Å². The third kappa shape index (κ3) is 4.51. The topological polar surface area (TPSA) is 55.9 Å². The van der Waals surface area contributed by atoms with E-state index in [0.29, 0.717) is 6.54 Å². The molecule has 2 aromatic rings. The zero-order valence-electron chi connectivity index (χ0n) is 19.6. The number of hydrogen-bond acceptors (Lipinski definition) is 4. The number of amides is 2. The summed E-state index contributed by atoms with van der Waals surface area (Å²) in [4.78, 5) is 32.3. The highest BCUT2D eigenvalue weighted by Crippen LogP contribution is 2.31. The second-order valence-corrected chi connectivity index (χ2v) is 9.03. The summed E-state index contributed by atoms with van der Waals surface area (Å²) in [7, 11) is 0. The molecule has 4 rings (SSSR count). The van der Waals surface area contributed by atoms with Crippen molar-refractivity contribution in [1.82, 2.24) is 4.90 Å². The van der Waals surface area contributed by atoms with E-state index in [-0.39, 0.29) is 24.2 Å². The Hall–Kier alpha value is -2.86. The Balaban J connectivity index is 1.41. The molecule has 32 heavy (non-hydrogen) atoms. The van der Waals surface area contributed by atoms with E-state index < -0.39 is 0 Å². The van der Waals surface area contributed by atoms with Gasteiger partial charge in [-0.3, -0.25) is 9.59 Å². The molecule has 0 aliphatic carbocycles. The number of hydrogen-bond donors (Lipinski definition) is 1. The van der Waals surface area contributed by atoms with Crippen LogP contribution in [0.15, 0.2) is 36.4 Å². The van der Waals surface area contributed by atoms with Crippen LogP contribution >= 0.6 is 0 Å². The van der Waals surface area contributed by atoms with Crippen molar-refractivity contribution < 1.29 is 9.59 Å². The molecular weight excluding hydrogens is 400 g/mol. The first-order valence-corrected chi connectivity index (χ1v) is 11.6. The lowest BCUT2D eigenvalue weighted by atomic mass is 10.1. The minimum absolute atomic E-state index is 0.0112. The molecule has 2 fully saturated rings. The summed E-state index contributed by atoms with van der Waals surface area (Å²) in [5.74, 6) is -0.417. The van der Waals surface area contributed by atoms with Crippen LogP contribution in [-0.2, 0) is 9.59 Å². The highest BCUT2D eigenvalue weighted by Gasteiger charge is 2.36. The van der Waals surface area contributed by atoms with Gasteiger partial charge in [-0.25, -0.2) is 0 Å². The van der Waals surface area contributed by atoms with Gasteiger partial charge in [-0.15, -0.1) is 0 Å². The summed E-state index contributed by atoms with van der Waals surface area (Å²) in [6.45, 7) is 14.0. The van der Waals surface area contributed by atoms with E-state index >= 15 is 0 Å². The maximum Gasteiger partial charge on any atom is 0.229 e. The molecule has 2 saturated heterocycles. The van der Waals surface area contributed by atoms with Gasteiger partial charge in [0.15, 0.2) is 0 Å². The highest BCUT2D eigenvalue weighted by molar-refractivity contribution is 6.04. The normalized spacial score (nSPS) is 19.5. The first-order chi connectivity index (χ1) is 15.4. The van der Waals surface area contributed by atoms with E-state index in [1.165, 1.54) is 5.69 Å². The number of carbonyl (C=O) groups excluding carboxylic acids is 2. The first-order valence-electron chi connectivity index (χ1n) is 11.6. The van der Waals surface area contributed by atoms with Gasteiger partial charge in [-0.05, 0) is 68.3 Å². The predicted molar refractivity (Wildman–Crippen MR) is 131 cm³/mol. The van der Waals surface area contributed by atoms with Gasteiger partial charge in [0.25, 0.3) is 0 Å². The van der Waals surface area contributed by atoms with Gasteiger partial charge in [0, 0.05) is 56.2 Å². The second-order valence-electron chi connectivity index (χ2n) is 9.03. The van der Waals surface area contributed by atoms with Gasteiger partial charge in [0.2, 0.25) is 11.8 Å². The molecule has 0 radical (unpaired) electrons. The molecule has 2 amide bonds. The Morgan fingerprint density at radius 1 is 1.03 bits per heavy atom. The molecule has 0 aromatic heterocycles. The minimum Gasteiger partial charge on any atom is -0.369 e. The smallest absolute Gasteiger partial charge is 0.229 e. The molecular formula is C26H34N4O2. The molecule has 1 atom stereocenters. The van der Waals surface area contributed by atoms with E-state index in [9.17, 15) is 9.59 Å². The third-order valence-electron chi connectivity index (χ3n) is 7.02. The van der Waals surface area contributed by atoms with Crippen LogP contribution in [0.4, 0.5) is 17.1 Å². The maximum atomic E-state index is 13.0. The minimum atomic E-state index is -0.344. The number of anilines is 3. The number of nitrogens with one attached hydrogen (secondary N) is 1. The Kier molecular flexibility index (Phi) is 6.51. The van der Waals surface area contributed by atoms with Gasteiger partial charge in [0.05, 0.1) is 5.92 Å². The summed E-state index contributed by atoms with van der Waals surface area (Å²) >= 11 is 0. The number of likely N-dealkylation sites (N-methyl/N-ethyl adjacent to an activating group) is 1. The Morgan fingerprint density at radius 2 is 1.78 bits per heavy atom.